The maximum absolute atomic E-state index is 12.6. The van der Waals surface area contributed by atoms with E-state index in [1.807, 2.05) is 0 Å². The number of rotatable bonds is 6. The van der Waals surface area contributed by atoms with Crippen LogP contribution >= 0.6 is 0 Å². The largest absolute Gasteiger partial charge is 0.399 e. The normalized spacial score (nSPS) is 20.8. The van der Waals surface area contributed by atoms with E-state index >= 15 is 0 Å². The van der Waals surface area contributed by atoms with Gasteiger partial charge in [0.05, 0.1) is 6.10 Å². The summed E-state index contributed by atoms with van der Waals surface area (Å²) in [6.07, 6.45) is -0.127. The third-order valence-corrected chi connectivity index (χ3v) is 3.95. The van der Waals surface area contributed by atoms with Gasteiger partial charge in [0.25, 0.3) is 5.91 Å². The third-order valence-electron chi connectivity index (χ3n) is 3.95. The van der Waals surface area contributed by atoms with Gasteiger partial charge in [-0.05, 0) is 44.5 Å². The van der Waals surface area contributed by atoms with E-state index in [4.69, 9.17) is 10.5 Å². The molecule has 7 nitrogen and oxygen atoms in total. The molecule has 1 fully saturated rings. The van der Waals surface area contributed by atoms with Crippen molar-refractivity contribution >= 4 is 23.3 Å². The lowest BCUT2D eigenvalue weighted by Gasteiger charge is -2.22. The van der Waals surface area contributed by atoms with Gasteiger partial charge in [-0.3, -0.25) is 14.4 Å². The van der Waals surface area contributed by atoms with Crippen LogP contribution in [-0.2, 0) is 14.3 Å². The molecular weight excluding hydrogens is 322 g/mol. The Morgan fingerprint density at radius 1 is 1.36 bits per heavy atom. The van der Waals surface area contributed by atoms with Crippen molar-refractivity contribution in [1.29, 1.82) is 0 Å². The van der Waals surface area contributed by atoms with Gasteiger partial charge >= 0.3 is 0 Å². The van der Waals surface area contributed by atoms with Gasteiger partial charge in [-0.25, -0.2) is 0 Å². The van der Waals surface area contributed by atoms with Crippen molar-refractivity contribution in [3.8, 4) is 0 Å². The minimum Gasteiger partial charge on any atom is -0.399 e. The highest BCUT2D eigenvalue weighted by atomic mass is 16.5. The number of carbonyl (C=O) groups excluding carboxylic acids is 3. The second kappa shape index (κ2) is 7.94. The first-order chi connectivity index (χ1) is 11.8. The van der Waals surface area contributed by atoms with Crippen LogP contribution in [0.25, 0.3) is 0 Å². The monoisotopic (exact) mass is 345 g/mol. The van der Waals surface area contributed by atoms with Crippen molar-refractivity contribution < 1.29 is 19.1 Å². The highest BCUT2D eigenvalue weighted by molar-refractivity contribution is 5.99. The molecule has 1 heterocycles. The Morgan fingerprint density at radius 2 is 2.00 bits per heavy atom. The smallest absolute Gasteiger partial charge is 0.251 e. The van der Waals surface area contributed by atoms with Crippen LogP contribution in [0.1, 0.15) is 30.6 Å². The molecule has 1 aliphatic rings. The lowest BCUT2D eigenvalue weighted by molar-refractivity contribution is -0.127. The second-order valence-corrected chi connectivity index (χ2v) is 6.28. The van der Waals surface area contributed by atoms with Gasteiger partial charge in [-0.2, -0.15) is 0 Å². The van der Waals surface area contributed by atoms with Crippen molar-refractivity contribution in [1.82, 2.24) is 10.6 Å². The summed E-state index contributed by atoms with van der Waals surface area (Å²) in [5.41, 5.74) is 7.28. The van der Waals surface area contributed by atoms with Crippen molar-refractivity contribution in [2.24, 2.45) is 0 Å². The number of hydrogen-bond donors (Lipinski definition) is 3. The number of benzene rings is 1. The van der Waals surface area contributed by atoms with Gasteiger partial charge in [0, 0.05) is 11.3 Å². The molecule has 1 saturated heterocycles. The van der Waals surface area contributed by atoms with Crippen molar-refractivity contribution in [2.45, 2.75) is 38.5 Å². The Morgan fingerprint density at radius 3 is 2.52 bits per heavy atom. The zero-order chi connectivity index (χ0) is 18.6. The minimum absolute atomic E-state index is 0.0188. The average molecular weight is 345 g/mol. The summed E-state index contributed by atoms with van der Waals surface area (Å²) in [6.45, 7) is 7.26. The summed E-state index contributed by atoms with van der Waals surface area (Å²) < 4.78 is 5.22. The lowest BCUT2D eigenvalue weighted by Crippen LogP contribution is -2.53. The zero-order valence-corrected chi connectivity index (χ0v) is 14.4. The number of ether oxygens (including phenoxy) is 1. The fourth-order valence-corrected chi connectivity index (χ4v) is 2.55. The van der Waals surface area contributed by atoms with Gasteiger partial charge in [0.15, 0.2) is 5.78 Å². The van der Waals surface area contributed by atoms with E-state index in [0.717, 1.165) is 5.57 Å². The SMILES string of the molecule is C=C(C)C[C@H](NC(=O)c1ccc(N)cc1)C(=O)N[C@@H]1C(=O)CO[C@@H]1C. The number of hydrogen-bond acceptors (Lipinski definition) is 5. The maximum atomic E-state index is 12.6. The summed E-state index contributed by atoms with van der Waals surface area (Å²) in [4.78, 5) is 36.7. The van der Waals surface area contributed by atoms with Crippen LogP contribution < -0.4 is 16.4 Å². The van der Waals surface area contributed by atoms with Crippen LogP contribution in [0.3, 0.4) is 0 Å². The number of anilines is 1. The molecule has 0 bridgehead atoms. The predicted molar refractivity (Wildman–Crippen MR) is 93.9 cm³/mol. The van der Waals surface area contributed by atoms with Crippen LogP contribution in [0.2, 0.25) is 0 Å². The fraction of sp³-hybridized carbons (Fsp3) is 0.389. The second-order valence-electron chi connectivity index (χ2n) is 6.28. The first-order valence-electron chi connectivity index (χ1n) is 8.03. The molecule has 7 heteroatoms. The standard InChI is InChI=1S/C18H23N3O4/c1-10(2)8-14(18(24)21-16-11(3)25-9-15(16)22)20-17(23)12-4-6-13(19)7-5-12/h4-7,11,14,16H,1,8-9,19H2,2-3H3,(H,20,23)(H,21,24)/t11-,14+,16+/m1/s1. The first kappa shape index (κ1) is 18.7. The molecule has 0 aromatic heterocycles. The molecule has 1 aromatic carbocycles. The number of Topliss-reactive ketones (excluding diaryl/α,β-unsaturated/α-hetero) is 1. The van der Waals surface area contributed by atoms with Crippen LogP contribution in [0.5, 0.6) is 0 Å². The molecule has 0 spiro atoms. The predicted octanol–water partition coefficient (Wildman–Crippen LogP) is 0.806. The number of ketones is 1. The summed E-state index contributed by atoms with van der Waals surface area (Å²) in [5.74, 6) is -1.02. The Labute approximate surface area is 146 Å². The van der Waals surface area contributed by atoms with E-state index in [1.54, 1.807) is 38.1 Å². The Bertz CT molecular complexity index is 684. The van der Waals surface area contributed by atoms with Crippen molar-refractivity contribution in [2.75, 3.05) is 12.3 Å². The van der Waals surface area contributed by atoms with Crippen molar-refractivity contribution in [3.63, 3.8) is 0 Å². The van der Waals surface area contributed by atoms with E-state index in [2.05, 4.69) is 17.2 Å². The topological polar surface area (TPSA) is 111 Å². The van der Waals surface area contributed by atoms with E-state index in [9.17, 15) is 14.4 Å². The molecule has 0 radical (unpaired) electrons. The maximum Gasteiger partial charge on any atom is 0.251 e. The first-order valence-corrected chi connectivity index (χ1v) is 8.03. The van der Waals surface area contributed by atoms with Crippen LogP contribution in [-0.4, -0.2) is 42.4 Å². The molecule has 0 saturated carbocycles. The molecule has 2 rings (SSSR count). The van der Waals surface area contributed by atoms with E-state index < -0.39 is 30.0 Å². The Balaban J connectivity index is 2.08. The van der Waals surface area contributed by atoms with Gasteiger partial charge in [-0.1, -0.05) is 5.57 Å². The number of nitrogens with one attached hydrogen (secondary N) is 2. The third kappa shape index (κ3) is 4.90. The zero-order valence-electron chi connectivity index (χ0n) is 14.4. The molecule has 3 atom stereocenters. The molecule has 134 valence electrons. The van der Waals surface area contributed by atoms with Crippen LogP contribution in [0.4, 0.5) is 5.69 Å². The van der Waals surface area contributed by atoms with Crippen LogP contribution in [0.15, 0.2) is 36.4 Å². The van der Waals surface area contributed by atoms with E-state index in [0.29, 0.717) is 11.3 Å². The number of amides is 2. The van der Waals surface area contributed by atoms with Crippen molar-refractivity contribution in [3.05, 3.63) is 42.0 Å². The molecule has 25 heavy (non-hydrogen) atoms. The number of carbonyl (C=O) groups is 3. The molecule has 1 aromatic rings. The molecule has 0 aliphatic carbocycles. The van der Waals surface area contributed by atoms with Gasteiger partial charge in [-0.15, -0.1) is 6.58 Å². The van der Waals surface area contributed by atoms with Crippen LogP contribution in [0, 0.1) is 0 Å². The fourth-order valence-electron chi connectivity index (χ4n) is 2.55. The molecule has 0 unspecified atom stereocenters. The lowest BCUT2D eigenvalue weighted by atomic mass is 10.1. The van der Waals surface area contributed by atoms with Gasteiger partial charge < -0.3 is 21.1 Å². The Kier molecular flexibility index (Phi) is 5.93. The van der Waals surface area contributed by atoms with Gasteiger partial charge in [0.2, 0.25) is 5.91 Å². The van der Waals surface area contributed by atoms with E-state index in [1.165, 1.54) is 0 Å². The van der Waals surface area contributed by atoms with E-state index in [-0.39, 0.29) is 18.8 Å². The summed E-state index contributed by atoms with van der Waals surface area (Å²) in [7, 11) is 0. The highest BCUT2D eigenvalue weighted by Gasteiger charge is 2.35. The number of nitrogens with two attached hydrogens (primary N) is 1. The molecule has 4 N–H and O–H groups in total. The quantitative estimate of drug-likeness (QED) is 0.522. The van der Waals surface area contributed by atoms with Gasteiger partial charge in [0.1, 0.15) is 18.7 Å². The molecular formula is C18H23N3O4. The summed E-state index contributed by atoms with van der Waals surface area (Å²) in [5, 5.41) is 5.34. The number of nitrogen functional groups attached to an aromatic ring is 1. The summed E-state index contributed by atoms with van der Waals surface area (Å²) in [6, 6.07) is 4.85. The molecule has 1 aliphatic heterocycles. The molecule has 2 amide bonds. The average Bonchev–Trinajstić information content (AvgIpc) is 2.86. The highest BCUT2D eigenvalue weighted by Crippen LogP contribution is 2.12. The Hall–Kier alpha value is -2.67. The minimum atomic E-state index is -0.830. The summed E-state index contributed by atoms with van der Waals surface area (Å²) >= 11 is 0.